The summed E-state index contributed by atoms with van der Waals surface area (Å²) in [6.07, 6.45) is 0.414. The molecule has 2 atom stereocenters. The zero-order valence-electron chi connectivity index (χ0n) is 6.82. The minimum atomic E-state index is -1.03. The van der Waals surface area contributed by atoms with E-state index in [0.29, 0.717) is 0 Å². The minimum absolute atomic E-state index is 0.0610. The van der Waals surface area contributed by atoms with Crippen LogP contribution in [0.2, 0.25) is 0 Å². The van der Waals surface area contributed by atoms with Gasteiger partial charge in [-0.1, -0.05) is 19.9 Å². The molecule has 0 rings (SSSR count). The molecule has 64 valence electrons. The number of hydrogen-bond acceptors (Lipinski definition) is 2. The fourth-order valence-corrected chi connectivity index (χ4v) is 0.801. The fourth-order valence-electron chi connectivity index (χ4n) is 0.801. The van der Waals surface area contributed by atoms with E-state index in [-0.39, 0.29) is 5.92 Å². The molecule has 3 heteroatoms. The van der Waals surface area contributed by atoms with Gasteiger partial charge in [0, 0.05) is 0 Å². The molecule has 0 bridgehead atoms. The molecular weight excluding hydrogens is 144 g/mol. The summed E-state index contributed by atoms with van der Waals surface area (Å²) in [5.74, 6) is -1.94. The highest BCUT2D eigenvalue weighted by Gasteiger charge is 2.25. The van der Waals surface area contributed by atoms with Gasteiger partial charge in [0.15, 0.2) is 0 Å². The van der Waals surface area contributed by atoms with E-state index in [0.717, 1.165) is 0 Å². The van der Waals surface area contributed by atoms with Gasteiger partial charge in [-0.25, -0.2) is 0 Å². The van der Waals surface area contributed by atoms with Crippen molar-refractivity contribution in [2.75, 3.05) is 0 Å². The number of carboxylic acid groups (broad SMARTS) is 1. The van der Waals surface area contributed by atoms with Crippen LogP contribution in [0.4, 0.5) is 0 Å². The molecule has 0 aromatic heterocycles. The van der Waals surface area contributed by atoms with Crippen molar-refractivity contribution < 1.29 is 15.0 Å². The zero-order valence-corrected chi connectivity index (χ0v) is 6.82. The summed E-state index contributed by atoms with van der Waals surface area (Å²) < 4.78 is 0. The van der Waals surface area contributed by atoms with Crippen molar-refractivity contribution in [3.63, 3.8) is 0 Å². The molecule has 0 heterocycles. The number of carboxylic acids is 1. The van der Waals surface area contributed by atoms with E-state index in [4.69, 9.17) is 5.11 Å². The third-order valence-electron chi connectivity index (χ3n) is 1.59. The molecular formula is C8H14O3. The predicted molar refractivity (Wildman–Crippen MR) is 42.2 cm³/mol. The van der Waals surface area contributed by atoms with Crippen LogP contribution in [0.3, 0.4) is 0 Å². The third kappa shape index (κ3) is 2.72. The molecule has 0 aliphatic heterocycles. The van der Waals surface area contributed by atoms with Crippen molar-refractivity contribution in [3.05, 3.63) is 12.7 Å². The average Bonchev–Trinajstić information content (AvgIpc) is 1.88. The van der Waals surface area contributed by atoms with Gasteiger partial charge in [-0.2, -0.15) is 0 Å². The van der Waals surface area contributed by atoms with E-state index in [1.807, 2.05) is 0 Å². The predicted octanol–water partition coefficient (Wildman–Crippen LogP) is 0.890. The van der Waals surface area contributed by atoms with Gasteiger partial charge in [0.25, 0.3) is 0 Å². The molecule has 0 saturated carbocycles. The van der Waals surface area contributed by atoms with Crippen molar-refractivity contribution in [1.82, 2.24) is 0 Å². The first-order chi connectivity index (χ1) is 5.00. The maximum Gasteiger partial charge on any atom is 0.313 e. The van der Waals surface area contributed by atoms with E-state index in [1.165, 1.54) is 6.08 Å². The normalized spacial score (nSPS) is 16.0. The van der Waals surface area contributed by atoms with Gasteiger partial charge < -0.3 is 10.2 Å². The Labute approximate surface area is 66.4 Å². The summed E-state index contributed by atoms with van der Waals surface area (Å²) in [4.78, 5) is 10.4. The van der Waals surface area contributed by atoms with Crippen molar-refractivity contribution in [3.8, 4) is 0 Å². The molecule has 0 aliphatic rings. The summed E-state index contributed by atoms with van der Waals surface area (Å²) in [6.45, 7) is 6.88. The van der Waals surface area contributed by atoms with Crippen LogP contribution in [-0.4, -0.2) is 22.3 Å². The lowest BCUT2D eigenvalue weighted by molar-refractivity contribution is -0.144. The molecule has 0 aromatic carbocycles. The van der Waals surface area contributed by atoms with Crippen LogP contribution < -0.4 is 0 Å². The van der Waals surface area contributed by atoms with Gasteiger partial charge in [0.05, 0.1) is 6.10 Å². The summed E-state index contributed by atoms with van der Waals surface area (Å²) >= 11 is 0. The maximum atomic E-state index is 10.4. The summed E-state index contributed by atoms with van der Waals surface area (Å²) in [5, 5.41) is 17.9. The van der Waals surface area contributed by atoms with E-state index in [9.17, 15) is 9.90 Å². The van der Waals surface area contributed by atoms with Gasteiger partial charge in [-0.15, -0.1) is 6.58 Å². The number of rotatable bonds is 4. The molecule has 0 saturated heterocycles. The second-order valence-electron chi connectivity index (χ2n) is 2.83. The Morgan fingerprint density at radius 2 is 2.00 bits per heavy atom. The molecule has 2 N–H and O–H groups in total. The molecule has 0 unspecified atom stereocenters. The lowest BCUT2D eigenvalue weighted by Crippen LogP contribution is -2.30. The standard InChI is InChI=1S/C8H14O3/c1-4-6(8(10)11)7(9)5(2)3/h4-7,9H,1H2,2-3H3,(H,10,11)/t6-,7-/m1/s1. The number of aliphatic hydroxyl groups is 1. The highest BCUT2D eigenvalue weighted by Crippen LogP contribution is 2.13. The zero-order chi connectivity index (χ0) is 9.02. The van der Waals surface area contributed by atoms with Crippen molar-refractivity contribution >= 4 is 5.97 Å². The molecule has 0 amide bonds. The fraction of sp³-hybridized carbons (Fsp3) is 0.625. The molecule has 0 fully saturated rings. The topological polar surface area (TPSA) is 57.5 Å². The van der Waals surface area contributed by atoms with Gasteiger partial charge in [0.2, 0.25) is 0 Å². The van der Waals surface area contributed by atoms with Crippen molar-refractivity contribution in [1.29, 1.82) is 0 Å². The molecule has 11 heavy (non-hydrogen) atoms. The van der Waals surface area contributed by atoms with Crippen LogP contribution in [0.25, 0.3) is 0 Å². The van der Waals surface area contributed by atoms with Crippen molar-refractivity contribution in [2.24, 2.45) is 11.8 Å². The molecule has 3 nitrogen and oxygen atoms in total. The molecule has 0 spiro atoms. The number of aliphatic carboxylic acids is 1. The quantitative estimate of drug-likeness (QED) is 0.597. The van der Waals surface area contributed by atoms with Crippen LogP contribution in [0.5, 0.6) is 0 Å². The average molecular weight is 158 g/mol. The van der Waals surface area contributed by atoms with E-state index in [2.05, 4.69) is 6.58 Å². The SMILES string of the molecule is C=C[C@@H](C(=O)O)[C@H](O)C(C)C. The van der Waals surface area contributed by atoms with Gasteiger partial charge in [0.1, 0.15) is 5.92 Å². The Balaban J connectivity index is 4.25. The van der Waals surface area contributed by atoms with Crippen LogP contribution in [-0.2, 0) is 4.79 Å². The first-order valence-electron chi connectivity index (χ1n) is 3.54. The molecule has 0 aliphatic carbocycles. The highest BCUT2D eigenvalue weighted by atomic mass is 16.4. The maximum absolute atomic E-state index is 10.4. The van der Waals surface area contributed by atoms with E-state index in [1.54, 1.807) is 13.8 Å². The number of hydrogen-bond donors (Lipinski definition) is 2. The number of aliphatic hydroxyl groups excluding tert-OH is 1. The second-order valence-corrected chi connectivity index (χ2v) is 2.83. The minimum Gasteiger partial charge on any atom is -0.481 e. The molecule has 0 radical (unpaired) electrons. The Morgan fingerprint density at radius 1 is 1.55 bits per heavy atom. The van der Waals surface area contributed by atoms with Gasteiger partial charge in [-0.3, -0.25) is 4.79 Å². The lowest BCUT2D eigenvalue weighted by atomic mass is 9.94. The first-order valence-corrected chi connectivity index (χ1v) is 3.54. The van der Waals surface area contributed by atoms with Crippen LogP contribution in [0.15, 0.2) is 12.7 Å². The summed E-state index contributed by atoms with van der Waals surface area (Å²) in [7, 11) is 0. The Bertz CT molecular complexity index is 151. The Kier molecular flexibility index (Phi) is 3.82. The first kappa shape index (κ1) is 10.2. The Morgan fingerprint density at radius 3 is 2.09 bits per heavy atom. The third-order valence-corrected chi connectivity index (χ3v) is 1.59. The van der Waals surface area contributed by atoms with Crippen LogP contribution in [0.1, 0.15) is 13.8 Å². The lowest BCUT2D eigenvalue weighted by Gasteiger charge is -2.18. The van der Waals surface area contributed by atoms with Gasteiger partial charge in [-0.05, 0) is 5.92 Å². The highest BCUT2D eigenvalue weighted by molar-refractivity contribution is 5.72. The number of carbonyl (C=O) groups is 1. The van der Waals surface area contributed by atoms with E-state index >= 15 is 0 Å². The summed E-state index contributed by atoms with van der Waals surface area (Å²) in [6, 6.07) is 0. The van der Waals surface area contributed by atoms with Crippen LogP contribution in [0, 0.1) is 11.8 Å². The monoisotopic (exact) mass is 158 g/mol. The Hall–Kier alpha value is -0.830. The smallest absolute Gasteiger partial charge is 0.313 e. The second kappa shape index (κ2) is 4.13. The van der Waals surface area contributed by atoms with E-state index < -0.39 is 18.0 Å². The van der Waals surface area contributed by atoms with Crippen molar-refractivity contribution in [2.45, 2.75) is 20.0 Å². The van der Waals surface area contributed by atoms with Crippen LogP contribution >= 0.6 is 0 Å². The largest absolute Gasteiger partial charge is 0.481 e. The van der Waals surface area contributed by atoms with Gasteiger partial charge >= 0.3 is 5.97 Å². The summed E-state index contributed by atoms with van der Waals surface area (Å²) in [5.41, 5.74) is 0. The molecule has 0 aromatic rings.